The molecule has 114 valence electrons. The van der Waals surface area contributed by atoms with Gasteiger partial charge in [-0.05, 0) is 13.8 Å². The summed E-state index contributed by atoms with van der Waals surface area (Å²) in [5.74, 6) is 2.01. The molecule has 0 saturated carbocycles. The molecule has 0 aliphatic carbocycles. The minimum atomic E-state index is -2.21. The van der Waals surface area contributed by atoms with Crippen LogP contribution in [0.5, 0.6) is 0 Å². The predicted molar refractivity (Wildman–Crippen MR) is 71.4 cm³/mol. The van der Waals surface area contributed by atoms with Crippen LogP contribution >= 0.6 is 0 Å². The molecule has 0 spiro atoms. The van der Waals surface area contributed by atoms with E-state index in [2.05, 4.69) is 0 Å². The van der Waals surface area contributed by atoms with Crippen LogP contribution in [0.4, 0.5) is 0 Å². The van der Waals surface area contributed by atoms with Crippen molar-refractivity contribution in [3.63, 3.8) is 0 Å². The quantitative estimate of drug-likeness (QED) is 0.461. The number of nitrogens with one attached hydrogen (secondary N) is 1. The molecule has 0 radical (unpaired) electrons. The zero-order valence-electron chi connectivity index (χ0n) is 11.5. The minimum Gasteiger partial charge on any atom is -0.391 e. The van der Waals surface area contributed by atoms with Crippen LogP contribution in [0.2, 0.25) is 0 Å². The zero-order chi connectivity index (χ0) is 15.9. The van der Waals surface area contributed by atoms with Crippen molar-refractivity contribution in [1.82, 2.24) is 9.55 Å². The summed E-state index contributed by atoms with van der Waals surface area (Å²) < 4.78 is 6.32. The van der Waals surface area contributed by atoms with E-state index in [1.165, 1.54) is 13.8 Å². The molecule has 2 heterocycles. The molecule has 1 aliphatic heterocycles. The highest BCUT2D eigenvalue weighted by Crippen LogP contribution is 2.38. The van der Waals surface area contributed by atoms with Gasteiger partial charge in [0, 0.05) is 11.8 Å². The molecule has 8 heteroatoms. The Labute approximate surface area is 119 Å². The van der Waals surface area contributed by atoms with E-state index >= 15 is 0 Å². The van der Waals surface area contributed by atoms with Gasteiger partial charge in [0.15, 0.2) is 11.8 Å². The Morgan fingerprint density at radius 2 is 2.19 bits per heavy atom. The van der Waals surface area contributed by atoms with Crippen molar-refractivity contribution in [1.29, 1.82) is 0 Å². The number of hydrogen-bond donors (Lipinski definition) is 4. The van der Waals surface area contributed by atoms with Crippen molar-refractivity contribution in [2.75, 3.05) is 0 Å². The zero-order valence-corrected chi connectivity index (χ0v) is 11.5. The molecule has 0 amide bonds. The first-order chi connectivity index (χ1) is 9.72. The van der Waals surface area contributed by atoms with Crippen LogP contribution < -0.4 is 11.2 Å². The lowest BCUT2D eigenvalue weighted by Crippen LogP contribution is -2.49. The molecule has 1 aromatic heterocycles. The molecule has 8 nitrogen and oxygen atoms in total. The largest absolute Gasteiger partial charge is 0.391 e. The number of nitrogens with zero attached hydrogens (tertiary/aromatic N) is 1. The molecule has 21 heavy (non-hydrogen) atoms. The van der Waals surface area contributed by atoms with Gasteiger partial charge in [0.05, 0.1) is 6.10 Å². The van der Waals surface area contributed by atoms with Crippen molar-refractivity contribution < 1.29 is 20.1 Å². The third-order valence-corrected chi connectivity index (χ3v) is 3.53. The fourth-order valence-corrected chi connectivity index (χ4v) is 2.43. The van der Waals surface area contributed by atoms with Gasteiger partial charge < -0.3 is 20.1 Å². The Bertz CT molecular complexity index is 700. The maximum absolute atomic E-state index is 11.9. The van der Waals surface area contributed by atoms with E-state index in [0.29, 0.717) is 0 Å². The number of aryl methyl sites for hydroxylation is 1. The number of H-pyrrole nitrogens is 1. The minimum absolute atomic E-state index is 0.195. The molecular weight excluding hydrogens is 280 g/mol. The van der Waals surface area contributed by atoms with Crippen LogP contribution in [-0.4, -0.2) is 48.8 Å². The molecule has 1 saturated heterocycles. The summed E-state index contributed by atoms with van der Waals surface area (Å²) in [5, 5.41) is 30.1. The van der Waals surface area contributed by atoms with E-state index in [4.69, 9.17) is 11.2 Å². The van der Waals surface area contributed by atoms with Gasteiger partial charge in [-0.3, -0.25) is 14.3 Å². The van der Waals surface area contributed by atoms with Gasteiger partial charge in [-0.1, -0.05) is 5.92 Å². The van der Waals surface area contributed by atoms with E-state index in [9.17, 15) is 24.9 Å². The van der Waals surface area contributed by atoms with Gasteiger partial charge in [0.25, 0.3) is 5.56 Å². The number of aliphatic hydroxyl groups excluding tert-OH is 2. The first-order valence-electron chi connectivity index (χ1n) is 6.26. The van der Waals surface area contributed by atoms with Crippen molar-refractivity contribution in [3.05, 3.63) is 32.6 Å². The van der Waals surface area contributed by atoms with Crippen molar-refractivity contribution in [2.45, 2.75) is 44.0 Å². The fourth-order valence-electron chi connectivity index (χ4n) is 2.43. The van der Waals surface area contributed by atoms with Crippen molar-refractivity contribution in [3.8, 4) is 12.3 Å². The molecule has 1 aliphatic rings. The maximum Gasteiger partial charge on any atom is 0.330 e. The Balaban J connectivity index is 2.61. The normalized spacial score (nSPS) is 33.6. The van der Waals surface area contributed by atoms with E-state index < -0.39 is 41.4 Å². The van der Waals surface area contributed by atoms with Gasteiger partial charge >= 0.3 is 5.69 Å². The molecule has 1 aromatic rings. The predicted octanol–water partition coefficient (Wildman–Crippen LogP) is -2.15. The second-order valence-electron chi connectivity index (χ2n) is 5.06. The molecule has 0 bridgehead atoms. The summed E-state index contributed by atoms with van der Waals surface area (Å²) in [6.45, 7) is 2.81. The van der Waals surface area contributed by atoms with Gasteiger partial charge in [0.1, 0.15) is 12.2 Å². The van der Waals surface area contributed by atoms with Gasteiger partial charge in [-0.2, -0.15) is 0 Å². The highest BCUT2D eigenvalue weighted by molar-refractivity contribution is 5.21. The van der Waals surface area contributed by atoms with Crippen LogP contribution in [0.3, 0.4) is 0 Å². The average Bonchev–Trinajstić information content (AvgIpc) is 2.63. The van der Waals surface area contributed by atoms with Crippen LogP contribution in [0.1, 0.15) is 18.8 Å². The van der Waals surface area contributed by atoms with Crippen LogP contribution in [-0.2, 0) is 4.74 Å². The summed E-state index contributed by atoms with van der Waals surface area (Å²) in [5.41, 5.74) is -3.46. The van der Waals surface area contributed by atoms with E-state index in [1.54, 1.807) is 0 Å². The highest BCUT2D eigenvalue weighted by Gasteiger charge is 2.57. The molecule has 2 rings (SSSR count). The summed E-state index contributed by atoms with van der Waals surface area (Å²) in [7, 11) is 0. The van der Waals surface area contributed by atoms with Gasteiger partial charge in [-0.15, -0.1) is 6.42 Å². The van der Waals surface area contributed by atoms with E-state index in [-0.39, 0.29) is 5.69 Å². The van der Waals surface area contributed by atoms with Crippen LogP contribution in [0, 0.1) is 19.3 Å². The standard InChI is InChI=1S/C13H16N2O6/c1-4-13(20)10(18)9(7(3)16)21-11(13)15-6(2)5-8(17)14-12(15)19/h1,5,7,9-11,16,18,20H,2-3H3,(H,14,17,19)/t7-,9-,10?,11-,13-/m1/s1. The number of aliphatic hydroxyl groups is 3. The fraction of sp³-hybridized carbons (Fsp3) is 0.538. The molecule has 0 aromatic carbocycles. The summed E-state index contributed by atoms with van der Waals surface area (Å²) >= 11 is 0. The molecule has 1 unspecified atom stereocenters. The van der Waals surface area contributed by atoms with Crippen molar-refractivity contribution >= 4 is 0 Å². The summed E-state index contributed by atoms with van der Waals surface area (Å²) in [6, 6.07) is 1.13. The van der Waals surface area contributed by atoms with Gasteiger partial charge in [0.2, 0.25) is 0 Å². The second kappa shape index (κ2) is 5.13. The maximum atomic E-state index is 11.9. The highest BCUT2D eigenvalue weighted by atomic mass is 16.6. The molecule has 5 atom stereocenters. The SMILES string of the molecule is C#C[C@@]1(O)C(O)[C@@H]([C@@H](C)O)O[C@H]1n1c(C)cc(=O)[nH]c1=O. The molecule has 4 N–H and O–H groups in total. The topological polar surface area (TPSA) is 125 Å². The Morgan fingerprint density at radius 3 is 2.67 bits per heavy atom. The number of hydrogen-bond acceptors (Lipinski definition) is 6. The number of rotatable bonds is 2. The first-order valence-corrected chi connectivity index (χ1v) is 6.26. The second-order valence-corrected chi connectivity index (χ2v) is 5.06. The lowest BCUT2D eigenvalue weighted by atomic mass is 9.93. The Hall–Kier alpha value is -1.92. The molecule has 1 fully saturated rings. The Morgan fingerprint density at radius 1 is 1.57 bits per heavy atom. The lowest BCUT2D eigenvalue weighted by Gasteiger charge is -2.27. The molecular formula is C13H16N2O6. The number of terminal acetylenes is 1. The van der Waals surface area contributed by atoms with Crippen molar-refractivity contribution in [2.24, 2.45) is 0 Å². The van der Waals surface area contributed by atoms with Crippen LogP contribution in [0.25, 0.3) is 0 Å². The number of aromatic amines is 1. The number of ether oxygens (including phenoxy) is 1. The third kappa shape index (κ3) is 2.30. The van der Waals surface area contributed by atoms with E-state index in [1.807, 2.05) is 10.9 Å². The average molecular weight is 296 g/mol. The monoisotopic (exact) mass is 296 g/mol. The smallest absolute Gasteiger partial charge is 0.330 e. The number of aromatic nitrogens is 2. The Kier molecular flexibility index (Phi) is 3.78. The van der Waals surface area contributed by atoms with E-state index in [0.717, 1.165) is 10.6 Å². The third-order valence-electron chi connectivity index (χ3n) is 3.53. The van der Waals surface area contributed by atoms with Crippen LogP contribution in [0.15, 0.2) is 15.7 Å². The summed E-state index contributed by atoms with van der Waals surface area (Å²) in [6.07, 6.45) is -0.0450. The first kappa shape index (κ1) is 15.5. The van der Waals surface area contributed by atoms with Gasteiger partial charge in [-0.25, -0.2) is 4.79 Å². The lowest BCUT2D eigenvalue weighted by molar-refractivity contribution is -0.0892. The summed E-state index contributed by atoms with van der Waals surface area (Å²) in [4.78, 5) is 25.2.